The Morgan fingerprint density at radius 2 is 2.11 bits per heavy atom. The third kappa shape index (κ3) is 6.09. The molecule has 0 aromatic rings. The first-order chi connectivity index (χ1) is 3.68. The van der Waals surface area contributed by atoms with E-state index in [1.165, 1.54) is 0 Å². The maximum absolute atomic E-state index is 9.93. The largest absolute Gasteiger partial charge is 1.00 e. The zero-order chi connectivity index (χ0) is 6.57. The van der Waals surface area contributed by atoms with E-state index in [0.717, 1.165) is 0 Å². The summed E-state index contributed by atoms with van der Waals surface area (Å²) in [5.74, 6) is -1.48. The molecule has 0 bridgehead atoms. The molecular formula is C6H9NaO2. The van der Waals surface area contributed by atoms with Gasteiger partial charge >= 0.3 is 29.6 Å². The Morgan fingerprint density at radius 1 is 1.67 bits per heavy atom. The molecule has 0 fully saturated rings. The quantitative estimate of drug-likeness (QED) is 0.299. The van der Waals surface area contributed by atoms with Gasteiger partial charge in [-0.05, 0) is 6.92 Å². The summed E-state index contributed by atoms with van der Waals surface area (Å²) in [4.78, 5) is 9.93. The zero-order valence-corrected chi connectivity index (χ0v) is 8.05. The van der Waals surface area contributed by atoms with Crippen molar-refractivity contribution < 1.29 is 39.5 Å². The van der Waals surface area contributed by atoms with Gasteiger partial charge in [0.15, 0.2) is 0 Å². The average molecular weight is 136 g/mol. The number of carboxylic acids is 1. The number of carbonyl (C=O) groups is 1. The Bertz CT molecular complexity index is 110. The van der Waals surface area contributed by atoms with Gasteiger partial charge in [0.1, 0.15) is 0 Å². The summed E-state index contributed by atoms with van der Waals surface area (Å²) in [5.41, 5.74) is 0. The minimum atomic E-state index is -1.02. The summed E-state index contributed by atoms with van der Waals surface area (Å²) in [6, 6.07) is 0. The standard InChI is InChI=1S/C6H10O2.Na/c1-3-4-5(2)6(7)8;/h3-5H,1-2H3,(H,7,8);/q;+1/p-1. The van der Waals surface area contributed by atoms with E-state index in [4.69, 9.17) is 0 Å². The van der Waals surface area contributed by atoms with Crippen molar-refractivity contribution >= 4 is 5.97 Å². The van der Waals surface area contributed by atoms with Crippen molar-refractivity contribution in [1.82, 2.24) is 0 Å². The van der Waals surface area contributed by atoms with Crippen molar-refractivity contribution in [3.63, 3.8) is 0 Å². The molecule has 0 spiro atoms. The summed E-state index contributed by atoms with van der Waals surface area (Å²) in [6.45, 7) is 3.36. The van der Waals surface area contributed by atoms with E-state index < -0.39 is 11.9 Å². The first kappa shape index (κ1) is 11.9. The molecule has 0 aromatic carbocycles. The van der Waals surface area contributed by atoms with Gasteiger partial charge in [0.2, 0.25) is 0 Å². The van der Waals surface area contributed by atoms with E-state index >= 15 is 0 Å². The molecule has 9 heavy (non-hydrogen) atoms. The molecule has 0 amide bonds. The summed E-state index contributed by atoms with van der Waals surface area (Å²) >= 11 is 0. The zero-order valence-electron chi connectivity index (χ0n) is 6.05. The van der Waals surface area contributed by atoms with E-state index in [1.54, 1.807) is 26.0 Å². The fourth-order valence-corrected chi connectivity index (χ4v) is 0.367. The van der Waals surface area contributed by atoms with Crippen LogP contribution in [0.2, 0.25) is 0 Å². The Labute approximate surface area is 77.2 Å². The molecule has 0 rings (SSSR count). The van der Waals surface area contributed by atoms with Gasteiger partial charge in [-0.25, -0.2) is 0 Å². The van der Waals surface area contributed by atoms with Gasteiger partial charge in [-0.1, -0.05) is 19.1 Å². The first-order valence-electron chi connectivity index (χ1n) is 2.52. The predicted octanol–water partition coefficient (Wildman–Crippen LogP) is -3.05. The van der Waals surface area contributed by atoms with Crippen LogP contribution in [0.3, 0.4) is 0 Å². The number of allylic oxidation sites excluding steroid dienone is 1. The van der Waals surface area contributed by atoms with Crippen molar-refractivity contribution in [3.05, 3.63) is 12.2 Å². The molecule has 2 nitrogen and oxygen atoms in total. The van der Waals surface area contributed by atoms with Crippen LogP contribution in [-0.2, 0) is 4.79 Å². The Kier molecular flexibility index (Phi) is 8.40. The second-order valence-electron chi connectivity index (χ2n) is 1.63. The Hall–Kier alpha value is 0.210. The van der Waals surface area contributed by atoms with Crippen LogP contribution < -0.4 is 34.7 Å². The number of hydrogen-bond acceptors (Lipinski definition) is 2. The van der Waals surface area contributed by atoms with Crippen LogP contribution in [0.15, 0.2) is 12.2 Å². The van der Waals surface area contributed by atoms with Crippen molar-refractivity contribution in [1.29, 1.82) is 0 Å². The van der Waals surface area contributed by atoms with Crippen LogP contribution in [0.5, 0.6) is 0 Å². The Morgan fingerprint density at radius 3 is 2.22 bits per heavy atom. The monoisotopic (exact) mass is 136 g/mol. The van der Waals surface area contributed by atoms with E-state index in [1.807, 2.05) is 0 Å². The van der Waals surface area contributed by atoms with Crippen LogP contribution >= 0.6 is 0 Å². The van der Waals surface area contributed by atoms with Crippen molar-refractivity contribution in [3.8, 4) is 0 Å². The van der Waals surface area contributed by atoms with Gasteiger partial charge in [-0.15, -0.1) is 0 Å². The molecule has 0 saturated heterocycles. The van der Waals surface area contributed by atoms with Crippen molar-refractivity contribution in [2.45, 2.75) is 13.8 Å². The number of rotatable bonds is 2. The normalized spacial score (nSPS) is 12.7. The summed E-state index contributed by atoms with van der Waals surface area (Å²) in [7, 11) is 0. The van der Waals surface area contributed by atoms with E-state index in [2.05, 4.69) is 0 Å². The van der Waals surface area contributed by atoms with Gasteiger partial charge in [-0.2, -0.15) is 0 Å². The van der Waals surface area contributed by atoms with Gasteiger partial charge in [0.05, 0.1) is 0 Å². The van der Waals surface area contributed by atoms with Crippen molar-refractivity contribution in [2.24, 2.45) is 5.92 Å². The molecule has 46 valence electrons. The molecular weight excluding hydrogens is 127 g/mol. The van der Waals surface area contributed by atoms with Crippen LogP contribution in [-0.4, -0.2) is 5.97 Å². The number of carbonyl (C=O) groups excluding carboxylic acids is 1. The molecule has 0 aliphatic rings. The smallest absolute Gasteiger partial charge is 0.550 e. The predicted molar refractivity (Wildman–Crippen MR) is 29.0 cm³/mol. The number of aliphatic carboxylic acids is 1. The molecule has 0 radical (unpaired) electrons. The second kappa shape index (κ2) is 6.33. The molecule has 1 atom stereocenters. The maximum atomic E-state index is 9.93. The molecule has 0 heterocycles. The molecule has 0 N–H and O–H groups in total. The SMILES string of the molecule is CC=CC(C)C(=O)[O-].[Na+]. The molecule has 0 aliphatic carbocycles. The van der Waals surface area contributed by atoms with Crippen LogP contribution in [0.25, 0.3) is 0 Å². The van der Waals surface area contributed by atoms with Gasteiger partial charge in [-0.3, -0.25) is 0 Å². The second-order valence-corrected chi connectivity index (χ2v) is 1.63. The van der Waals surface area contributed by atoms with Crippen LogP contribution in [0.1, 0.15) is 13.8 Å². The average Bonchev–Trinajstić information content (AvgIpc) is 1.67. The first-order valence-corrected chi connectivity index (χ1v) is 2.52. The fraction of sp³-hybridized carbons (Fsp3) is 0.500. The van der Waals surface area contributed by atoms with Gasteiger partial charge < -0.3 is 9.90 Å². The topological polar surface area (TPSA) is 40.1 Å². The van der Waals surface area contributed by atoms with E-state index in [-0.39, 0.29) is 29.6 Å². The summed E-state index contributed by atoms with van der Waals surface area (Å²) in [6.07, 6.45) is 3.27. The van der Waals surface area contributed by atoms with Crippen molar-refractivity contribution in [2.75, 3.05) is 0 Å². The molecule has 0 aliphatic heterocycles. The minimum Gasteiger partial charge on any atom is -0.550 e. The molecule has 0 aromatic heterocycles. The summed E-state index contributed by atoms with van der Waals surface area (Å²) < 4.78 is 0. The third-order valence-electron chi connectivity index (χ3n) is 0.853. The molecule has 3 heteroatoms. The summed E-state index contributed by atoms with van der Waals surface area (Å²) in [5, 5.41) is 9.93. The fourth-order valence-electron chi connectivity index (χ4n) is 0.367. The van der Waals surface area contributed by atoms with Crippen LogP contribution in [0, 0.1) is 5.92 Å². The number of carboxylic acid groups (broad SMARTS) is 1. The molecule has 1 unspecified atom stereocenters. The van der Waals surface area contributed by atoms with Gasteiger partial charge in [0.25, 0.3) is 0 Å². The van der Waals surface area contributed by atoms with E-state index in [0.29, 0.717) is 0 Å². The maximum Gasteiger partial charge on any atom is 1.00 e. The molecule has 0 saturated carbocycles. The van der Waals surface area contributed by atoms with E-state index in [9.17, 15) is 9.90 Å². The van der Waals surface area contributed by atoms with Crippen LogP contribution in [0.4, 0.5) is 0 Å². The van der Waals surface area contributed by atoms with Gasteiger partial charge in [0, 0.05) is 11.9 Å². The number of hydrogen-bond donors (Lipinski definition) is 0. The Balaban J connectivity index is 0. The minimum absolute atomic E-state index is 0. The third-order valence-corrected chi connectivity index (χ3v) is 0.853.